The van der Waals surface area contributed by atoms with E-state index in [-0.39, 0.29) is 18.4 Å². The van der Waals surface area contributed by atoms with E-state index < -0.39 is 0 Å². The van der Waals surface area contributed by atoms with Crippen molar-refractivity contribution < 1.29 is 14.3 Å². The van der Waals surface area contributed by atoms with Gasteiger partial charge >= 0.3 is 5.97 Å². The Labute approximate surface area is 192 Å². The monoisotopic (exact) mass is 434 g/mol. The van der Waals surface area contributed by atoms with Gasteiger partial charge in [0.05, 0.1) is 0 Å². The van der Waals surface area contributed by atoms with Gasteiger partial charge < -0.3 is 4.74 Å². The van der Waals surface area contributed by atoms with Crippen molar-refractivity contribution in [3.05, 3.63) is 0 Å². The van der Waals surface area contributed by atoms with Crippen LogP contribution in [0, 0.1) is 40.9 Å². The van der Waals surface area contributed by atoms with Crippen LogP contribution in [0.25, 0.3) is 0 Å². The molecule has 0 amide bonds. The lowest BCUT2D eigenvalue weighted by molar-refractivity contribution is -0.145. The summed E-state index contributed by atoms with van der Waals surface area (Å²) >= 11 is 0. The first-order chi connectivity index (χ1) is 14.7. The van der Waals surface area contributed by atoms with Crippen molar-refractivity contribution in [2.75, 3.05) is 6.61 Å². The Morgan fingerprint density at radius 3 is 2.48 bits per heavy atom. The lowest BCUT2D eigenvalue weighted by Crippen LogP contribution is -2.41. The number of Topliss-reactive ketones (excluding diaryl/α,β-unsaturated/α-hetero) is 1. The predicted octanol–water partition coefficient (Wildman–Crippen LogP) is 7.61. The van der Waals surface area contributed by atoms with Crippen LogP contribution in [0.5, 0.6) is 0 Å². The van der Waals surface area contributed by atoms with E-state index >= 15 is 0 Å². The number of ether oxygens (including phenoxy) is 1. The number of hydrogen-bond donors (Lipinski definition) is 0. The maximum absolute atomic E-state index is 12.1. The minimum absolute atomic E-state index is 0.0547. The molecule has 0 N–H and O–H groups in total. The van der Waals surface area contributed by atoms with Gasteiger partial charge in [-0.05, 0) is 79.4 Å². The summed E-state index contributed by atoms with van der Waals surface area (Å²) in [4.78, 5) is 23.1. The molecule has 6 atom stereocenters. The van der Waals surface area contributed by atoms with Crippen LogP contribution < -0.4 is 0 Å². The SMILES string of the molecule is CCCC1C(C(CCCC(=O)COC(C)=O)C(C)C)CCC(C)C2CCCCCC21C. The van der Waals surface area contributed by atoms with Crippen molar-refractivity contribution in [2.45, 2.75) is 119 Å². The molecule has 0 bridgehead atoms. The highest BCUT2D eigenvalue weighted by Gasteiger charge is 2.49. The highest BCUT2D eigenvalue weighted by atomic mass is 16.5. The van der Waals surface area contributed by atoms with E-state index in [9.17, 15) is 9.59 Å². The maximum Gasteiger partial charge on any atom is 0.303 e. The van der Waals surface area contributed by atoms with Crippen molar-refractivity contribution in [1.82, 2.24) is 0 Å². The molecular formula is C28H50O3. The number of rotatable bonds is 10. The lowest BCUT2D eigenvalue weighted by Gasteiger charge is -2.48. The van der Waals surface area contributed by atoms with Gasteiger partial charge in [0.2, 0.25) is 0 Å². The molecule has 3 nitrogen and oxygen atoms in total. The van der Waals surface area contributed by atoms with Gasteiger partial charge in [-0.25, -0.2) is 0 Å². The van der Waals surface area contributed by atoms with Crippen LogP contribution in [0.2, 0.25) is 0 Å². The Kier molecular flexibility index (Phi) is 10.6. The minimum Gasteiger partial charge on any atom is -0.458 e. The molecule has 0 aromatic carbocycles. The Morgan fingerprint density at radius 1 is 1.10 bits per heavy atom. The highest BCUT2D eigenvalue weighted by Crippen LogP contribution is 2.58. The molecule has 180 valence electrons. The average Bonchev–Trinajstić information content (AvgIpc) is 2.96. The molecule has 0 spiro atoms. The Balaban J connectivity index is 2.17. The summed E-state index contributed by atoms with van der Waals surface area (Å²) in [5.74, 6) is 4.34. The molecule has 2 rings (SSSR count). The third-order valence-corrected chi connectivity index (χ3v) is 9.02. The van der Waals surface area contributed by atoms with E-state index in [2.05, 4.69) is 34.6 Å². The highest BCUT2D eigenvalue weighted by molar-refractivity contribution is 5.81. The first-order valence-electron chi connectivity index (χ1n) is 13.4. The number of fused-ring (bicyclic) bond motifs is 1. The van der Waals surface area contributed by atoms with Crippen LogP contribution in [0.3, 0.4) is 0 Å². The molecule has 2 saturated carbocycles. The van der Waals surface area contributed by atoms with Crippen LogP contribution >= 0.6 is 0 Å². The summed E-state index contributed by atoms with van der Waals surface area (Å²) in [6.45, 7) is 13.7. The molecule has 0 radical (unpaired) electrons. The Hall–Kier alpha value is -0.860. The molecule has 0 heterocycles. The van der Waals surface area contributed by atoms with E-state index in [0.717, 1.165) is 36.5 Å². The zero-order valence-corrected chi connectivity index (χ0v) is 21.4. The van der Waals surface area contributed by atoms with E-state index in [1.807, 2.05) is 0 Å². The van der Waals surface area contributed by atoms with Crippen LogP contribution in [0.15, 0.2) is 0 Å². The normalized spacial score (nSPS) is 32.6. The van der Waals surface area contributed by atoms with Crippen molar-refractivity contribution in [1.29, 1.82) is 0 Å². The Bertz CT molecular complexity index is 569. The molecule has 2 aliphatic carbocycles. The van der Waals surface area contributed by atoms with Crippen molar-refractivity contribution in [2.24, 2.45) is 40.9 Å². The fraction of sp³-hybridized carbons (Fsp3) is 0.929. The van der Waals surface area contributed by atoms with Crippen molar-refractivity contribution >= 4 is 11.8 Å². The maximum atomic E-state index is 12.1. The summed E-state index contributed by atoms with van der Waals surface area (Å²) in [7, 11) is 0. The van der Waals surface area contributed by atoms with Crippen molar-refractivity contribution in [3.63, 3.8) is 0 Å². The van der Waals surface area contributed by atoms with Crippen molar-refractivity contribution in [3.8, 4) is 0 Å². The number of carbonyl (C=O) groups is 2. The second-order valence-corrected chi connectivity index (χ2v) is 11.4. The number of carbonyl (C=O) groups excluding carboxylic acids is 2. The smallest absolute Gasteiger partial charge is 0.303 e. The lowest BCUT2D eigenvalue weighted by atomic mass is 9.56. The van der Waals surface area contributed by atoms with Crippen LogP contribution in [-0.4, -0.2) is 18.4 Å². The third-order valence-electron chi connectivity index (χ3n) is 9.02. The summed E-state index contributed by atoms with van der Waals surface area (Å²) < 4.78 is 4.90. The molecule has 0 aromatic rings. The topological polar surface area (TPSA) is 43.4 Å². The van der Waals surface area contributed by atoms with E-state index in [4.69, 9.17) is 4.74 Å². The molecule has 0 aromatic heterocycles. The zero-order chi connectivity index (χ0) is 23.0. The van der Waals surface area contributed by atoms with Crippen LogP contribution in [0.4, 0.5) is 0 Å². The van der Waals surface area contributed by atoms with Gasteiger partial charge in [0.25, 0.3) is 0 Å². The summed E-state index contributed by atoms with van der Waals surface area (Å²) in [5.41, 5.74) is 0.478. The van der Waals surface area contributed by atoms with Gasteiger partial charge in [0, 0.05) is 13.3 Å². The zero-order valence-electron chi connectivity index (χ0n) is 21.4. The number of hydrogen-bond acceptors (Lipinski definition) is 3. The van der Waals surface area contributed by atoms with Crippen LogP contribution in [0.1, 0.15) is 119 Å². The largest absolute Gasteiger partial charge is 0.458 e. The van der Waals surface area contributed by atoms with Gasteiger partial charge in [-0.2, -0.15) is 0 Å². The molecule has 31 heavy (non-hydrogen) atoms. The standard InChI is InChI=1S/C28H50O3/c1-7-12-27-25(17-16-21(4)26-15-9-8-10-18-28(26,27)6)24(20(2)3)14-11-13-23(30)19-31-22(5)29/h20-21,24-27H,7-19H2,1-6H3. The summed E-state index contributed by atoms with van der Waals surface area (Å²) in [5, 5.41) is 0. The van der Waals surface area contributed by atoms with Gasteiger partial charge in [-0.15, -0.1) is 0 Å². The Morgan fingerprint density at radius 2 is 1.84 bits per heavy atom. The average molecular weight is 435 g/mol. The van der Waals surface area contributed by atoms with E-state index in [0.29, 0.717) is 23.7 Å². The van der Waals surface area contributed by atoms with Gasteiger partial charge in [-0.1, -0.05) is 66.7 Å². The van der Waals surface area contributed by atoms with Gasteiger partial charge in [-0.3, -0.25) is 9.59 Å². The quantitative estimate of drug-likeness (QED) is 0.332. The first-order valence-corrected chi connectivity index (χ1v) is 13.4. The fourth-order valence-electron chi connectivity index (χ4n) is 7.50. The number of esters is 1. The predicted molar refractivity (Wildman–Crippen MR) is 129 cm³/mol. The van der Waals surface area contributed by atoms with E-state index in [1.165, 1.54) is 64.7 Å². The minimum atomic E-state index is -0.366. The van der Waals surface area contributed by atoms with Gasteiger partial charge in [0.15, 0.2) is 5.78 Å². The molecular weight excluding hydrogens is 384 g/mol. The molecule has 0 saturated heterocycles. The van der Waals surface area contributed by atoms with E-state index in [1.54, 1.807) is 0 Å². The molecule has 2 fully saturated rings. The van der Waals surface area contributed by atoms with Gasteiger partial charge in [0.1, 0.15) is 6.61 Å². The molecule has 2 aliphatic rings. The first kappa shape index (κ1) is 26.4. The second kappa shape index (κ2) is 12.4. The second-order valence-electron chi connectivity index (χ2n) is 11.4. The molecule has 6 unspecified atom stereocenters. The third kappa shape index (κ3) is 7.06. The summed E-state index contributed by atoms with van der Waals surface area (Å²) in [6, 6.07) is 0. The molecule has 3 heteroatoms. The fourth-order valence-corrected chi connectivity index (χ4v) is 7.50. The molecule has 0 aliphatic heterocycles. The number of ketones is 1. The summed E-state index contributed by atoms with van der Waals surface area (Å²) in [6.07, 6.45) is 15.1. The van der Waals surface area contributed by atoms with Crippen LogP contribution in [-0.2, 0) is 14.3 Å².